The Balaban J connectivity index is 1.85. The van der Waals surface area contributed by atoms with E-state index in [9.17, 15) is 9.18 Å². The van der Waals surface area contributed by atoms with E-state index >= 15 is 0 Å². The highest BCUT2D eigenvalue weighted by Crippen LogP contribution is 2.39. The summed E-state index contributed by atoms with van der Waals surface area (Å²) < 4.78 is 20.4. The predicted molar refractivity (Wildman–Crippen MR) is 96.3 cm³/mol. The molecule has 1 atom stereocenters. The predicted octanol–water partition coefficient (Wildman–Crippen LogP) is 2.53. The van der Waals surface area contributed by atoms with Crippen molar-refractivity contribution in [3.8, 4) is 28.3 Å². The van der Waals surface area contributed by atoms with E-state index in [1.807, 2.05) is 18.6 Å². The van der Waals surface area contributed by atoms with Crippen LogP contribution in [0.1, 0.15) is 12.0 Å². The molecule has 1 aromatic heterocycles. The molecule has 9 heteroatoms. The lowest BCUT2D eigenvalue weighted by Crippen LogP contribution is -2.35. The summed E-state index contributed by atoms with van der Waals surface area (Å²) in [5, 5.41) is 12.0. The minimum absolute atomic E-state index is 0.141. The van der Waals surface area contributed by atoms with Crippen molar-refractivity contribution >= 4 is 17.5 Å². The number of aromatic nitrogens is 4. The lowest BCUT2D eigenvalue weighted by Gasteiger charge is -2.24. The first-order chi connectivity index (χ1) is 12.9. The number of aryl methyl sites for hydroxylation is 1. The van der Waals surface area contributed by atoms with Crippen LogP contribution < -0.4 is 10.5 Å². The number of hydrogen-bond donors (Lipinski definition) is 1. The molecular formula is C18H14ClFN5O2. The topological polar surface area (TPSA) is 95.9 Å². The molecule has 4 rings (SSSR count). The fourth-order valence-electron chi connectivity index (χ4n) is 2.99. The van der Waals surface area contributed by atoms with E-state index in [4.69, 9.17) is 22.1 Å². The zero-order chi connectivity index (χ0) is 19.1. The van der Waals surface area contributed by atoms with Crippen molar-refractivity contribution in [2.75, 3.05) is 0 Å². The number of tetrazole rings is 1. The van der Waals surface area contributed by atoms with Crippen LogP contribution in [0.2, 0.25) is 5.02 Å². The lowest BCUT2D eigenvalue weighted by atomic mass is 9.94. The summed E-state index contributed by atoms with van der Waals surface area (Å²) >= 11 is 6.07. The van der Waals surface area contributed by atoms with Gasteiger partial charge in [-0.05, 0) is 46.5 Å². The lowest BCUT2D eigenvalue weighted by molar-refractivity contribution is -0.124. The Hall–Kier alpha value is -3.00. The fourth-order valence-corrected chi connectivity index (χ4v) is 3.20. The van der Waals surface area contributed by atoms with Gasteiger partial charge in [0.15, 0.2) is 6.10 Å². The fraction of sp³-hybridized carbons (Fsp3) is 0.167. The first kappa shape index (κ1) is 17.4. The standard InChI is InChI=1S/C18H14ClFN5O2/c1-25-23-18(22-24-25)16-12(7-11(19)8-13(16)20)10-3-2-9-4-5-14(17(21)26)27-15(9)6-10/h2-4,6-8,14H,5H2,1H3,(H2,21,26). The van der Waals surface area contributed by atoms with E-state index < -0.39 is 17.8 Å². The van der Waals surface area contributed by atoms with Gasteiger partial charge in [0.2, 0.25) is 5.82 Å². The first-order valence-electron chi connectivity index (χ1n) is 8.09. The highest BCUT2D eigenvalue weighted by molar-refractivity contribution is 6.31. The van der Waals surface area contributed by atoms with Crippen molar-refractivity contribution in [2.24, 2.45) is 12.8 Å². The number of carbonyl (C=O) groups excluding carboxylic acids is 1. The number of nitrogens with two attached hydrogens (primary N) is 1. The number of amides is 1. The summed E-state index contributed by atoms with van der Waals surface area (Å²) in [6.07, 6.45) is 1.55. The molecule has 3 aromatic rings. The first-order valence-corrected chi connectivity index (χ1v) is 8.47. The number of rotatable bonds is 3. The third kappa shape index (κ3) is 3.23. The van der Waals surface area contributed by atoms with Crippen LogP contribution in [0.15, 0.2) is 30.3 Å². The van der Waals surface area contributed by atoms with Crippen LogP contribution in [0.4, 0.5) is 4.39 Å². The number of nitrogens with zero attached hydrogens (tertiary/aromatic N) is 4. The van der Waals surface area contributed by atoms with Gasteiger partial charge in [-0.3, -0.25) is 4.79 Å². The molecule has 2 heterocycles. The van der Waals surface area contributed by atoms with Crippen LogP contribution in [0.3, 0.4) is 0 Å². The Bertz CT molecular complexity index is 1050. The van der Waals surface area contributed by atoms with Crippen LogP contribution >= 0.6 is 11.6 Å². The maximum absolute atomic E-state index is 14.7. The highest BCUT2D eigenvalue weighted by Gasteiger charge is 2.25. The molecule has 1 amide bonds. The molecule has 0 saturated carbocycles. The molecule has 0 aliphatic carbocycles. The normalized spacial score (nSPS) is 15.9. The van der Waals surface area contributed by atoms with Crippen molar-refractivity contribution < 1.29 is 13.9 Å². The van der Waals surface area contributed by atoms with E-state index in [0.717, 1.165) is 5.56 Å². The molecule has 1 unspecified atom stereocenters. The van der Waals surface area contributed by atoms with Gasteiger partial charge in [-0.15, -0.1) is 10.2 Å². The van der Waals surface area contributed by atoms with E-state index in [1.54, 1.807) is 19.2 Å². The van der Waals surface area contributed by atoms with E-state index in [2.05, 4.69) is 15.4 Å². The van der Waals surface area contributed by atoms with E-state index in [-0.39, 0.29) is 16.4 Å². The highest BCUT2D eigenvalue weighted by atomic mass is 35.5. The van der Waals surface area contributed by atoms with Crippen molar-refractivity contribution in [1.29, 1.82) is 0 Å². The number of ether oxygens (including phenoxy) is 1. The summed E-state index contributed by atoms with van der Waals surface area (Å²) in [4.78, 5) is 12.7. The molecule has 27 heavy (non-hydrogen) atoms. The van der Waals surface area contributed by atoms with Gasteiger partial charge < -0.3 is 10.5 Å². The summed E-state index contributed by atoms with van der Waals surface area (Å²) in [6.45, 7) is 0. The monoisotopic (exact) mass is 386 g/mol. The zero-order valence-corrected chi connectivity index (χ0v) is 14.9. The number of carbonyl (C=O) groups is 1. The molecule has 2 aromatic carbocycles. The second-order valence-electron chi connectivity index (χ2n) is 6.11. The average molecular weight is 387 g/mol. The SMILES string of the molecule is Cn1nnc(-c2c(F)cc(Cl)cc2-c2ccc3c(c2)OC(C(N)=O)C[CH]3)n1. The van der Waals surface area contributed by atoms with Gasteiger partial charge >= 0.3 is 0 Å². The Morgan fingerprint density at radius 2 is 2.19 bits per heavy atom. The minimum atomic E-state index is -0.732. The average Bonchev–Trinajstić information content (AvgIpc) is 3.05. The van der Waals surface area contributed by atoms with Crippen LogP contribution in [0.25, 0.3) is 22.5 Å². The maximum atomic E-state index is 14.7. The second kappa shape index (κ2) is 6.62. The molecule has 7 nitrogen and oxygen atoms in total. The third-order valence-corrected chi connectivity index (χ3v) is 4.47. The summed E-state index contributed by atoms with van der Waals surface area (Å²) in [7, 11) is 1.59. The molecule has 137 valence electrons. The van der Waals surface area contributed by atoms with E-state index in [1.165, 1.54) is 10.9 Å². The number of fused-ring (bicyclic) bond motifs is 1. The summed E-state index contributed by atoms with van der Waals surface area (Å²) in [5.74, 6) is -0.478. The van der Waals surface area contributed by atoms with Gasteiger partial charge in [-0.25, -0.2) is 4.39 Å². The Labute approximate surface area is 158 Å². The van der Waals surface area contributed by atoms with Crippen molar-refractivity contribution in [1.82, 2.24) is 20.2 Å². The molecular weight excluding hydrogens is 373 g/mol. The largest absolute Gasteiger partial charge is 0.480 e. The van der Waals surface area contributed by atoms with Gasteiger partial charge in [0.1, 0.15) is 11.6 Å². The maximum Gasteiger partial charge on any atom is 0.258 e. The number of hydrogen-bond acceptors (Lipinski definition) is 5. The van der Waals surface area contributed by atoms with Crippen LogP contribution in [-0.4, -0.2) is 32.2 Å². The van der Waals surface area contributed by atoms with Gasteiger partial charge in [-0.1, -0.05) is 23.7 Å². The van der Waals surface area contributed by atoms with Crippen LogP contribution in [0, 0.1) is 12.2 Å². The van der Waals surface area contributed by atoms with Crippen LogP contribution in [-0.2, 0) is 11.8 Å². The summed E-state index contributed by atoms with van der Waals surface area (Å²) in [5.41, 5.74) is 7.47. The minimum Gasteiger partial charge on any atom is -0.480 e. The number of halogens is 2. The number of benzene rings is 2. The molecule has 1 radical (unpaired) electrons. The Morgan fingerprint density at radius 3 is 2.89 bits per heavy atom. The van der Waals surface area contributed by atoms with Crippen molar-refractivity contribution in [2.45, 2.75) is 12.5 Å². The summed E-state index contributed by atoms with van der Waals surface area (Å²) in [6, 6.07) is 8.17. The van der Waals surface area contributed by atoms with Gasteiger partial charge in [0.25, 0.3) is 5.91 Å². The third-order valence-electron chi connectivity index (χ3n) is 4.25. The molecule has 0 bridgehead atoms. The Kier molecular flexibility index (Phi) is 4.27. The molecule has 2 N–H and O–H groups in total. The van der Waals surface area contributed by atoms with E-state index in [0.29, 0.717) is 23.3 Å². The number of primary amides is 1. The second-order valence-corrected chi connectivity index (χ2v) is 6.55. The quantitative estimate of drug-likeness (QED) is 0.746. The van der Waals surface area contributed by atoms with Crippen molar-refractivity contribution in [3.05, 3.63) is 53.2 Å². The van der Waals surface area contributed by atoms with Crippen LogP contribution in [0.5, 0.6) is 5.75 Å². The zero-order valence-electron chi connectivity index (χ0n) is 14.2. The van der Waals surface area contributed by atoms with Gasteiger partial charge in [0, 0.05) is 11.4 Å². The van der Waals surface area contributed by atoms with Crippen molar-refractivity contribution in [3.63, 3.8) is 0 Å². The molecule has 0 fully saturated rings. The van der Waals surface area contributed by atoms with Gasteiger partial charge in [0.05, 0.1) is 12.6 Å². The molecule has 1 aliphatic rings. The Morgan fingerprint density at radius 1 is 1.37 bits per heavy atom. The molecule has 0 saturated heterocycles. The van der Waals surface area contributed by atoms with Gasteiger partial charge in [-0.2, -0.15) is 4.80 Å². The smallest absolute Gasteiger partial charge is 0.258 e. The molecule has 1 aliphatic heterocycles. The molecule has 0 spiro atoms.